The third-order valence-electron chi connectivity index (χ3n) is 2.80. The van der Waals surface area contributed by atoms with Crippen LogP contribution in [0.15, 0.2) is 12.1 Å². The van der Waals surface area contributed by atoms with Gasteiger partial charge in [-0.2, -0.15) is 39.5 Å². The molecule has 0 aliphatic heterocycles. The number of carbonyl (C=O) groups is 1. The topological polar surface area (TPSA) is 38.3 Å². The predicted molar refractivity (Wildman–Crippen MR) is 60.7 cm³/mol. The molecule has 0 saturated heterocycles. The fraction of sp³-hybridized carbons (Fsp3) is 0.417. The van der Waals surface area contributed by atoms with E-state index in [9.17, 15) is 44.3 Å². The Labute approximate surface area is 128 Å². The lowest BCUT2D eigenvalue weighted by atomic mass is 9.94. The Bertz CT molecular complexity index is 617. The van der Waals surface area contributed by atoms with E-state index in [1.54, 1.807) is 0 Å². The first-order valence-corrected chi connectivity index (χ1v) is 5.89. The van der Waals surface area contributed by atoms with Crippen molar-refractivity contribution in [2.45, 2.75) is 25.1 Å². The predicted octanol–water partition coefficient (Wildman–Crippen LogP) is 4.60. The maximum absolute atomic E-state index is 13.0. The lowest BCUT2D eigenvalue weighted by molar-refractivity contribution is -0.164. The van der Waals surface area contributed by atoms with Crippen LogP contribution in [0.5, 0.6) is 0 Å². The molecule has 0 unspecified atom stereocenters. The Morgan fingerprint density at radius 2 is 1.38 bits per heavy atom. The maximum Gasteiger partial charge on any atom is 0.417 e. The van der Waals surface area contributed by atoms with Crippen molar-refractivity contribution < 1.29 is 49.0 Å². The van der Waals surface area contributed by atoms with Crippen molar-refractivity contribution in [2.75, 3.05) is 7.11 Å². The quantitative estimate of drug-likeness (QED) is 0.774. The number of halogens is 9. The van der Waals surface area contributed by atoms with Gasteiger partial charge in [0.1, 0.15) is 0 Å². The van der Waals surface area contributed by atoms with Crippen LogP contribution in [0, 0.1) is 0 Å². The molecule has 0 bridgehead atoms. The van der Waals surface area contributed by atoms with Gasteiger partial charge >= 0.3 is 24.6 Å². The van der Waals surface area contributed by atoms with Crippen molar-refractivity contribution >= 4 is 6.09 Å². The molecule has 0 saturated carbocycles. The first-order chi connectivity index (χ1) is 10.7. The number of carbonyl (C=O) groups excluding carboxylic acids is 1. The highest BCUT2D eigenvalue weighted by Gasteiger charge is 2.48. The number of benzene rings is 1. The lowest BCUT2D eigenvalue weighted by Gasteiger charge is -2.23. The summed E-state index contributed by atoms with van der Waals surface area (Å²) in [6.07, 6.45) is -18.1. The van der Waals surface area contributed by atoms with Crippen LogP contribution in [0.3, 0.4) is 0 Å². The molecule has 1 aromatic carbocycles. The zero-order chi connectivity index (χ0) is 18.9. The van der Waals surface area contributed by atoms with Gasteiger partial charge in [0, 0.05) is 6.54 Å². The fourth-order valence-electron chi connectivity index (χ4n) is 1.89. The third kappa shape index (κ3) is 4.45. The van der Waals surface area contributed by atoms with Crippen LogP contribution in [0.4, 0.5) is 44.3 Å². The normalized spacial score (nSPS) is 12.9. The molecule has 3 nitrogen and oxygen atoms in total. The van der Waals surface area contributed by atoms with Gasteiger partial charge in [0.2, 0.25) is 0 Å². The lowest BCUT2D eigenvalue weighted by Crippen LogP contribution is -2.28. The molecule has 0 spiro atoms. The summed E-state index contributed by atoms with van der Waals surface area (Å²) in [6, 6.07) is -0.417. The van der Waals surface area contributed by atoms with Crippen molar-refractivity contribution in [1.82, 2.24) is 5.32 Å². The maximum atomic E-state index is 13.0. The highest BCUT2D eigenvalue weighted by atomic mass is 19.4. The average Bonchev–Trinajstić information content (AvgIpc) is 2.40. The largest absolute Gasteiger partial charge is 0.453 e. The summed E-state index contributed by atoms with van der Waals surface area (Å²) >= 11 is 0. The van der Waals surface area contributed by atoms with E-state index < -0.39 is 53.4 Å². The second kappa shape index (κ2) is 6.40. The van der Waals surface area contributed by atoms with Crippen LogP contribution in [0.25, 0.3) is 0 Å². The third-order valence-corrected chi connectivity index (χ3v) is 2.80. The van der Waals surface area contributed by atoms with E-state index >= 15 is 0 Å². The zero-order valence-corrected chi connectivity index (χ0v) is 11.6. The van der Waals surface area contributed by atoms with Crippen molar-refractivity contribution in [3.8, 4) is 0 Å². The molecule has 0 aliphatic rings. The molecule has 24 heavy (non-hydrogen) atoms. The van der Waals surface area contributed by atoms with Crippen LogP contribution in [-0.4, -0.2) is 13.2 Å². The molecule has 0 heterocycles. The minimum atomic E-state index is -5.74. The molecule has 0 atom stereocenters. The highest BCUT2D eigenvalue weighted by molar-refractivity contribution is 5.67. The van der Waals surface area contributed by atoms with E-state index in [-0.39, 0.29) is 12.1 Å². The van der Waals surface area contributed by atoms with E-state index in [0.717, 1.165) is 7.11 Å². The molecule has 1 amide bonds. The van der Waals surface area contributed by atoms with Crippen molar-refractivity contribution in [1.29, 1.82) is 0 Å². The molecule has 1 rings (SSSR count). The Morgan fingerprint density at radius 1 is 0.917 bits per heavy atom. The molecule has 136 valence electrons. The highest BCUT2D eigenvalue weighted by Crippen LogP contribution is 2.45. The second-order valence-electron chi connectivity index (χ2n) is 4.35. The number of ether oxygens (including phenoxy) is 1. The van der Waals surface area contributed by atoms with Crippen molar-refractivity contribution in [3.63, 3.8) is 0 Å². The number of rotatable bonds is 2. The summed E-state index contributed by atoms with van der Waals surface area (Å²) in [6.45, 7) is -1.46. The number of alkyl carbamates (subject to hydrolysis) is 1. The van der Waals surface area contributed by atoms with Gasteiger partial charge in [-0.25, -0.2) is 4.79 Å². The van der Waals surface area contributed by atoms with E-state index in [2.05, 4.69) is 4.74 Å². The van der Waals surface area contributed by atoms with Crippen molar-refractivity contribution in [3.05, 3.63) is 34.4 Å². The zero-order valence-electron chi connectivity index (χ0n) is 11.6. The molecular weight excluding hydrogens is 361 g/mol. The van der Waals surface area contributed by atoms with Crippen LogP contribution in [0.1, 0.15) is 22.3 Å². The summed E-state index contributed by atoms with van der Waals surface area (Å²) < 4.78 is 120. The van der Waals surface area contributed by atoms with Gasteiger partial charge in [-0.15, -0.1) is 0 Å². The van der Waals surface area contributed by atoms with Gasteiger partial charge in [0.15, 0.2) is 0 Å². The molecule has 0 aliphatic carbocycles. The number of alkyl halides is 9. The van der Waals surface area contributed by atoms with Gasteiger partial charge in [-0.1, -0.05) is 0 Å². The standard InChI is InChI=1S/C12H8F9NO2/c1-24-9(23)22-4-5-6(10(13,14)15)2-3-7(11(16,17)18)8(5)12(19,20)21/h2-3H,4H2,1H3,(H,22,23). The average molecular weight is 369 g/mol. The molecular formula is C12H8F9NO2. The van der Waals surface area contributed by atoms with Gasteiger partial charge < -0.3 is 10.1 Å². The van der Waals surface area contributed by atoms with Gasteiger partial charge in [-0.3, -0.25) is 0 Å². The Balaban J connectivity index is 3.70. The Morgan fingerprint density at radius 3 is 1.75 bits per heavy atom. The molecule has 0 fully saturated rings. The summed E-state index contributed by atoms with van der Waals surface area (Å²) in [4.78, 5) is 10.9. The Hall–Kier alpha value is -2.14. The molecule has 0 radical (unpaired) electrons. The van der Waals surface area contributed by atoms with Crippen LogP contribution in [-0.2, 0) is 29.8 Å². The van der Waals surface area contributed by atoms with Crippen LogP contribution in [0.2, 0.25) is 0 Å². The van der Waals surface area contributed by atoms with E-state index in [1.165, 1.54) is 5.32 Å². The smallest absolute Gasteiger partial charge is 0.417 e. The van der Waals surface area contributed by atoms with Crippen LogP contribution >= 0.6 is 0 Å². The minimum Gasteiger partial charge on any atom is -0.453 e. The van der Waals surface area contributed by atoms with Gasteiger partial charge in [-0.05, 0) is 17.7 Å². The van der Waals surface area contributed by atoms with Crippen molar-refractivity contribution in [2.24, 2.45) is 0 Å². The first kappa shape index (κ1) is 19.9. The minimum absolute atomic E-state index is 0.119. The van der Waals surface area contributed by atoms with E-state index in [0.29, 0.717) is 0 Å². The monoisotopic (exact) mass is 369 g/mol. The van der Waals surface area contributed by atoms with Gasteiger partial charge in [0.05, 0.1) is 23.8 Å². The molecule has 1 N–H and O–H groups in total. The number of hydrogen-bond acceptors (Lipinski definition) is 2. The van der Waals surface area contributed by atoms with Gasteiger partial charge in [0.25, 0.3) is 0 Å². The summed E-state index contributed by atoms with van der Waals surface area (Å²) in [7, 11) is 0.775. The first-order valence-electron chi connectivity index (χ1n) is 5.89. The second-order valence-corrected chi connectivity index (χ2v) is 4.35. The Kier molecular flexibility index (Phi) is 5.31. The SMILES string of the molecule is COC(=O)NCc1c(C(F)(F)F)ccc(C(F)(F)F)c1C(F)(F)F. The molecule has 12 heteroatoms. The summed E-state index contributed by atoms with van der Waals surface area (Å²) in [5.74, 6) is 0. The number of nitrogens with one attached hydrogen (secondary N) is 1. The van der Waals surface area contributed by atoms with Crippen LogP contribution < -0.4 is 5.32 Å². The number of hydrogen-bond donors (Lipinski definition) is 1. The molecule has 0 aromatic heterocycles. The number of methoxy groups -OCH3 is 1. The fourth-order valence-corrected chi connectivity index (χ4v) is 1.89. The van der Waals surface area contributed by atoms with E-state index in [4.69, 9.17) is 0 Å². The van der Waals surface area contributed by atoms with E-state index in [1.807, 2.05) is 0 Å². The molecule has 1 aromatic rings. The summed E-state index contributed by atoms with van der Waals surface area (Å²) in [5, 5.41) is 1.52. The summed E-state index contributed by atoms with van der Waals surface area (Å²) in [5.41, 5.74) is -8.50. The number of amides is 1.